The van der Waals surface area contributed by atoms with Crippen LogP contribution in [0.15, 0.2) is 48.9 Å². The topological polar surface area (TPSA) is 77.2 Å². The van der Waals surface area contributed by atoms with Crippen molar-refractivity contribution in [1.29, 1.82) is 0 Å². The van der Waals surface area contributed by atoms with Gasteiger partial charge in [0.05, 0.1) is 17.5 Å². The number of benzene rings is 1. The molecule has 1 aliphatic carbocycles. The highest BCUT2D eigenvalue weighted by Gasteiger charge is 2.53. The van der Waals surface area contributed by atoms with Crippen molar-refractivity contribution in [3.63, 3.8) is 0 Å². The van der Waals surface area contributed by atoms with Gasteiger partial charge in [-0.05, 0) is 31.0 Å². The van der Waals surface area contributed by atoms with E-state index in [1.54, 1.807) is 6.33 Å². The van der Waals surface area contributed by atoms with E-state index in [0.717, 1.165) is 55.0 Å². The summed E-state index contributed by atoms with van der Waals surface area (Å²) in [5.41, 5.74) is 1.79. The molecular weight excluding hydrogens is 340 g/mol. The molecule has 2 aliphatic rings. The van der Waals surface area contributed by atoms with Crippen molar-refractivity contribution >= 4 is 28.4 Å². The van der Waals surface area contributed by atoms with Crippen LogP contribution >= 0.6 is 0 Å². The van der Waals surface area contributed by atoms with Gasteiger partial charge in [0.25, 0.3) is 0 Å². The van der Waals surface area contributed by atoms with E-state index in [9.17, 15) is 4.79 Å². The summed E-state index contributed by atoms with van der Waals surface area (Å²) >= 11 is 0. The van der Waals surface area contributed by atoms with Gasteiger partial charge in [-0.15, -0.1) is 0 Å². The molecule has 7 heteroatoms. The molecule has 0 unspecified atom stereocenters. The van der Waals surface area contributed by atoms with Crippen LogP contribution in [0.2, 0.25) is 0 Å². The van der Waals surface area contributed by atoms with E-state index < -0.39 is 0 Å². The van der Waals surface area contributed by atoms with E-state index in [0.29, 0.717) is 6.54 Å². The number of rotatable bonds is 4. The van der Waals surface area contributed by atoms with E-state index >= 15 is 0 Å². The molecule has 138 valence electrons. The molecule has 1 aliphatic heterocycles. The van der Waals surface area contributed by atoms with Gasteiger partial charge in [0.15, 0.2) is 0 Å². The predicted molar refractivity (Wildman–Crippen MR) is 105 cm³/mol. The molecule has 0 bridgehead atoms. The van der Waals surface area contributed by atoms with E-state index in [1.165, 1.54) is 0 Å². The standard InChI is InChI=1S/C20H22N6O/c27-17(12-22-15-4-2-1-3-5-15)26-11-10-25(13-20(26)7-8-20)19-16-6-9-21-18(16)23-14-24-19/h1-6,9,14,22H,7-8,10-13H2,(H,21,23,24). The fraction of sp³-hybridized carbons (Fsp3) is 0.350. The predicted octanol–water partition coefficient (Wildman–Crippen LogP) is 2.25. The van der Waals surface area contributed by atoms with Crippen LogP contribution in [0.5, 0.6) is 0 Å². The van der Waals surface area contributed by atoms with Gasteiger partial charge in [0.2, 0.25) is 5.91 Å². The maximum absolute atomic E-state index is 12.9. The third kappa shape index (κ3) is 2.89. The lowest BCUT2D eigenvalue weighted by Gasteiger charge is -2.43. The van der Waals surface area contributed by atoms with E-state index in [2.05, 4.69) is 30.1 Å². The number of hydrogen-bond donors (Lipinski definition) is 2. The van der Waals surface area contributed by atoms with Crippen molar-refractivity contribution in [1.82, 2.24) is 19.9 Å². The molecule has 0 radical (unpaired) electrons. The zero-order valence-electron chi connectivity index (χ0n) is 15.1. The van der Waals surface area contributed by atoms with E-state index in [-0.39, 0.29) is 11.4 Å². The second-order valence-corrected chi connectivity index (χ2v) is 7.35. The first-order valence-corrected chi connectivity index (χ1v) is 9.38. The van der Waals surface area contributed by atoms with Crippen molar-refractivity contribution in [2.24, 2.45) is 0 Å². The monoisotopic (exact) mass is 362 g/mol. The third-order valence-electron chi connectivity index (χ3n) is 5.63. The first-order valence-electron chi connectivity index (χ1n) is 9.38. The lowest BCUT2D eigenvalue weighted by atomic mass is 10.1. The Kier molecular flexibility index (Phi) is 3.74. The van der Waals surface area contributed by atoms with Crippen molar-refractivity contribution in [2.45, 2.75) is 18.4 Å². The Bertz CT molecular complexity index is 965. The molecule has 1 amide bonds. The maximum Gasteiger partial charge on any atom is 0.242 e. The first-order chi connectivity index (χ1) is 13.3. The summed E-state index contributed by atoms with van der Waals surface area (Å²) in [6.07, 6.45) is 5.61. The molecule has 1 saturated carbocycles. The number of carbonyl (C=O) groups is 1. The number of para-hydroxylation sites is 1. The zero-order valence-corrected chi connectivity index (χ0v) is 15.1. The number of aromatic amines is 1. The zero-order chi connectivity index (χ0) is 18.3. The number of H-pyrrole nitrogens is 1. The van der Waals surface area contributed by atoms with E-state index in [4.69, 9.17) is 0 Å². The Morgan fingerprint density at radius 1 is 1.15 bits per heavy atom. The fourth-order valence-electron chi connectivity index (χ4n) is 4.06. The Balaban J connectivity index is 1.30. The molecule has 2 fully saturated rings. The lowest BCUT2D eigenvalue weighted by molar-refractivity contribution is -0.132. The Hall–Kier alpha value is -3.09. The summed E-state index contributed by atoms with van der Waals surface area (Å²) < 4.78 is 0. The molecule has 1 spiro atoms. The molecule has 3 aromatic rings. The highest BCUT2D eigenvalue weighted by Crippen LogP contribution is 2.45. The van der Waals surface area contributed by atoms with E-state index in [1.807, 2.05) is 42.6 Å². The maximum atomic E-state index is 12.9. The van der Waals surface area contributed by atoms with Crippen molar-refractivity contribution in [3.8, 4) is 0 Å². The van der Waals surface area contributed by atoms with Gasteiger partial charge in [-0.2, -0.15) is 0 Å². The van der Waals surface area contributed by atoms with Crippen LogP contribution < -0.4 is 10.2 Å². The number of nitrogens with zero attached hydrogens (tertiary/aromatic N) is 4. The Morgan fingerprint density at radius 2 is 2.00 bits per heavy atom. The average molecular weight is 362 g/mol. The molecule has 0 atom stereocenters. The molecule has 7 nitrogen and oxygen atoms in total. The normalized spacial score (nSPS) is 18.1. The quantitative estimate of drug-likeness (QED) is 0.744. The van der Waals surface area contributed by atoms with Crippen LogP contribution in [-0.4, -0.2) is 57.5 Å². The SMILES string of the molecule is O=C(CNc1ccccc1)N1CCN(c2ncnc3[nH]ccc23)CC12CC2. The van der Waals surface area contributed by atoms with Gasteiger partial charge in [-0.1, -0.05) is 18.2 Å². The molecule has 3 heterocycles. The number of fused-ring (bicyclic) bond motifs is 1. The summed E-state index contributed by atoms with van der Waals surface area (Å²) in [6.45, 7) is 2.68. The summed E-state index contributed by atoms with van der Waals surface area (Å²) in [5.74, 6) is 1.13. The number of carbonyl (C=O) groups excluding carboxylic acids is 1. The second kappa shape index (κ2) is 6.26. The minimum atomic E-state index is -0.0404. The number of aromatic nitrogens is 3. The second-order valence-electron chi connectivity index (χ2n) is 7.35. The Morgan fingerprint density at radius 3 is 2.81 bits per heavy atom. The largest absolute Gasteiger partial charge is 0.376 e. The highest BCUT2D eigenvalue weighted by atomic mass is 16.2. The van der Waals surface area contributed by atoms with Crippen molar-refractivity contribution in [3.05, 3.63) is 48.9 Å². The summed E-state index contributed by atoms with van der Waals surface area (Å²) in [4.78, 5) is 29.2. The number of anilines is 2. The van der Waals surface area contributed by atoms with Crippen LogP contribution in [0.4, 0.5) is 11.5 Å². The van der Waals surface area contributed by atoms with Gasteiger partial charge in [-0.3, -0.25) is 4.79 Å². The summed E-state index contributed by atoms with van der Waals surface area (Å²) in [7, 11) is 0. The number of nitrogens with one attached hydrogen (secondary N) is 2. The summed E-state index contributed by atoms with van der Waals surface area (Å²) in [5, 5.41) is 4.28. The highest BCUT2D eigenvalue weighted by molar-refractivity contribution is 5.88. The minimum absolute atomic E-state index is 0.0404. The number of hydrogen-bond acceptors (Lipinski definition) is 5. The van der Waals surface area contributed by atoms with Gasteiger partial charge < -0.3 is 20.1 Å². The molecular formula is C20H22N6O. The average Bonchev–Trinajstić information content (AvgIpc) is 3.28. The van der Waals surface area contributed by atoms with Crippen molar-refractivity contribution in [2.75, 3.05) is 36.4 Å². The molecule has 1 aromatic carbocycles. The number of amides is 1. The fourth-order valence-corrected chi connectivity index (χ4v) is 4.06. The van der Waals surface area contributed by atoms with Crippen LogP contribution in [0.3, 0.4) is 0 Å². The first kappa shape index (κ1) is 16.1. The third-order valence-corrected chi connectivity index (χ3v) is 5.63. The smallest absolute Gasteiger partial charge is 0.242 e. The van der Waals surface area contributed by atoms with Crippen LogP contribution in [0.25, 0.3) is 11.0 Å². The molecule has 2 N–H and O–H groups in total. The van der Waals surface area contributed by atoms with Gasteiger partial charge >= 0.3 is 0 Å². The van der Waals surface area contributed by atoms with Gasteiger partial charge in [-0.25, -0.2) is 9.97 Å². The summed E-state index contributed by atoms with van der Waals surface area (Å²) in [6, 6.07) is 11.9. The van der Waals surface area contributed by atoms with Crippen molar-refractivity contribution < 1.29 is 4.79 Å². The molecule has 5 rings (SSSR count). The van der Waals surface area contributed by atoms with Crippen LogP contribution in [0, 0.1) is 0 Å². The lowest BCUT2D eigenvalue weighted by Crippen LogP contribution is -2.58. The van der Waals surface area contributed by atoms with Gasteiger partial charge in [0.1, 0.15) is 17.8 Å². The Labute approximate surface area is 157 Å². The molecule has 2 aromatic heterocycles. The molecule has 1 saturated heterocycles. The minimum Gasteiger partial charge on any atom is -0.376 e. The van der Waals surface area contributed by atoms with Crippen LogP contribution in [-0.2, 0) is 4.79 Å². The molecule has 27 heavy (non-hydrogen) atoms. The van der Waals surface area contributed by atoms with Crippen LogP contribution in [0.1, 0.15) is 12.8 Å². The van der Waals surface area contributed by atoms with Gasteiger partial charge in [0, 0.05) is 31.5 Å². The number of piperazine rings is 1.